The highest BCUT2D eigenvalue weighted by Crippen LogP contribution is 2.15. The molecule has 0 saturated heterocycles. The highest BCUT2D eigenvalue weighted by molar-refractivity contribution is 5.93. The molecule has 0 heterocycles. The summed E-state index contributed by atoms with van der Waals surface area (Å²) in [6, 6.07) is 6.66. The Bertz CT molecular complexity index is 460. The topological polar surface area (TPSA) is 96.2 Å². The maximum absolute atomic E-state index is 11.7. The predicted molar refractivity (Wildman–Crippen MR) is 80.7 cm³/mol. The number of nitrogens with one attached hydrogen (secondary N) is 3. The lowest BCUT2D eigenvalue weighted by molar-refractivity contribution is -0.116. The third-order valence-corrected chi connectivity index (χ3v) is 2.55. The third kappa shape index (κ3) is 6.75. The fraction of sp³-hybridized carbons (Fsp3) is 0.429. The molecular weight excluding hydrogens is 256 g/mol. The molecule has 6 nitrogen and oxygen atoms in total. The Labute approximate surface area is 119 Å². The summed E-state index contributed by atoms with van der Waals surface area (Å²) >= 11 is 0. The van der Waals surface area contributed by atoms with Crippen LogP contribution < -0.4 is 21.7 Å². The molecule has 1 aromatic carbocycles. The summed E-state index contributed by atoms with van der Waals surface area (Å²) < 4.78 is 0. The number of hydrogen-bond acceptors (Lipinski definition) is 3. The minimum atomic E-state index is -0.631. The molecule has 0 radical (unpaired) electrons. The molecule has 0 aliphatic carbocycles. The number of urea groups is 1. The van der Waals surface area contributed by atoms with Crippen molar-refractivity contribution in [3.05, 3.63) is 24.3 Å². The van der Waals surface area contributed by atoms with Gasteiger partial charge in [-0.25, -0.2) is 4.79 Å². The van der Waals surface area contributed by atoms with Crippen molar-refractivity contribution in [1.29, 1.82) is 0 Å². The number of hydrogen-bond donors (Lipinski definition) is 4. The van der Waals surface area contributed by atoms with Gasteiger partial charge in [-0.15, -0.1) is 0 Å². The molecule has 0 aromatic heterocycles. The molecule has 1 rings (SSSR count). The molecule has 0 unspecified atom stereocenters. The second-order valence-electron chi connectivity index (χ2n) is 4.83. The van der Waals surface area contributed by atoms with Crippen molar-refractivity contribution in [2.24, 2.45) is 5.73 Å². The van der Waals surface area contributed by atoms with Crippen molar-refractivity contribution in [1.82, 2.24) is 5.32 Å². The van der Waals surface area contributed by atoms with Gasteiger partial charge in [-0.1, -0.05) is 19.9 Å². The van der Waals surface area contributed by atoms with E-state index in [2.05, 4.69) is 29.8 Å². The van der Waals surface area contributed by atoms with Crippen molar-refractivity contribution in [3.63, 3.8) is 0 Å². The highest BCUT2D eigenvalue weighted by Gasteiger charge is 2.04. The number of amides is 3. The number of benzene rings is 1. The monoisotopic (exact) mass is 278 g/mol. The van der Waals surface area contributed by atoms with Crippen LogP contribution >= 0.6 is 0 Å². The maximum Gasteiger partial charge on any atom is 0.316 e. The maximum atomic E-state index is 11.7. The molecule has 0 saturated carbocycles. The summed E-state index contributed by atoms with van der Waals surface area (Å²) in [4.78, 5) is 22.5. The van der Waals surface area contributed by atoms with Crippen molar-refractivity contribution < 1.29 is 9.59 Å². The molecule has 0 bridgehead atoms. The summed E-state index contributed by atoms with van der Waals surface area (Å²) in [7, 11) is 0. The van der Waals surface area contributed by atoms with E-state index in [1.54, 1.807) is 24.3 Å². The quantitative estimate of drug-likeness (QED) is 0.573. The first-order valence-electron chi connectivity index (χ1n) is 6.67. The van der Waals surface area contributed by atoms with Crippen molar-refractivity contribution >= 4 is 23.3 Å². The number of carbonyl (C=O) groups is 2. The van der Waals surface area contributed by atoms with E-state index in [0.29, 0.717) is 23.8 Å². The highest BCUT2D eigenvalue weighted by atomic mass is 16.2. The number of rotatable bonds is 7. The minimum Gasteiger partial charge on any atom is -0.351 e. The average Bonchev–Trinajstić information content (AvgIpc) is 2.34. The zero-order valence-electron chi connectivity index (χ0n) is 11.9. The number of nitrogens with two attached hydrogens (primary N) is 1. The zero-order chi connectivity index (χ0) is 15.0. The van der Waals surface area contributed by atoms with E-state index in [4.69, 9.17) is 5.73 Å². The van der Waals surface area contributed by atoms with Gasteiger partial charge in [0.2, 0.25) is 5.91 Å². The van der Waals surface area contributed by atoms with Crippen LogP contribution in [0.5, 0.6) is 0 Å². The van der Waals surface area contributed by atoms with Crippen LogP contribution in [-0.2, 0) is 4.79 Å². The van der Waals surface area contributed by atoms with Gasteiger partial charge in [0.1, 0.15) is 0 Å². The summed E-state index contributed by atoms with van der Waals surface area (Å²) in [5.41, 5.74) is 6.23. The second kappa shape index (κ2) is 8.16. The van der Waals surface area contributed by atoms with Crippen LogP contribution in [-0.4, -0.2) is 24.5 Å². The van der Waals surface area contributed by atoms with Gasteiger partial charge in [-0.05, 0) is 31.2 Å². The van der Waals surface area contributed by atoms with Crippen LogP contribution in [0.3, 0.4) is 0 Å². The third-order valence-electron chi connectivity index (χ3n) is 2.55. The van der Waals surface area contributed by atoms with Gasteiger partial charge in [-0.3, -0.25) is 4.79 Å². The Hall–Kier alpha value is -2.08. The Balaban J connectivity index is 2.39. The summed E-state index contributed by atoms with van der Waals surface area (Å²) in [5.74, 6) is -0.0493. The first kappa shape index (κ1) is 16.0. The van der Waals surface area contributed by atoms with E-state index in [1.807, 2.05) is 0 Å². The molecule has 5 N–H and O–H groups in total. The summed E-state index contributed by atoms with van der Waals surface area (Å²) in [6.45, 7) is 4.95. The standard InChI is InChI=1S/C14H22N4O2/c1-10(2)16-8-4-7-13(19)17-11-5-3-6-12(9-11)18-14(15)20/h3,5-6,9-10,16H,4,7-8H2,1-2H3,(H,17,19)(H3,15,18,20). The predicted octanol–water partition coefficient (Wildman–Crippen LogP) is 1.89. The molecule has 0 aliphatic heterocycles. The smallest absolute Gasteiger partial charge is 0.316 e. The molecule has 6 heteroatoms. The van der Waals surface area contributed by atoms with Crippen LogP contribution in [0.2, 0.25) is 0 Å². The average molecular weight is 278 g/mol. The summed E-state index contributed by atoms with van der Waals surface area (Å²) in [6.07, 6.45) is 1.23. The van der Waals surface area contributed by atoms with Crippen LogP contribution in [0.15, 0.2) is 24.3 Å². The van der Waals surface area contributed by atoms with E-state index in [0.717, 1.165) is 13.0 Å². The Morgan fingerprint density at radius 1 is 1.20 bits per heavy atom. The lowest BCUT2D eigenvalue weighted by Crippen LogP contribution is -2.24. The summed E-state index contributed by atoms with van der Waals surface area (Å²) in [5, 5.41) is 8.50. The lowest BCUT2D eigenvalue weighted by Gasteiger charge is -2.09. The molecular formula is C14H22N4O2. The molecule has 0 spiro atoms. The first-order chi connectivity index (χ1) is 9.47. The fourth-order valence-corrected chi connectivity index (χ4v) is 1.68. The molecule has 0 aliphatic rings. The van der Waals surface area contributed by atoms with Gasteiger partial charge in [0.05, 0.1) is 0 Å². The minimum absolute atomic E-state index is 0.0493. The van der Waals surface area contributed by atoms with Gasteiger partial charge < -0.3 is 21.7 Å². The Morgan fingerprint density at radius 3 is 2.45 bits per heavy atom. The van der Waals surface area contributed by atoms with E-state index >= 15 is 0 Å². The van der Waals surface area contributed by atoms with Crippen LogP contribution in [0, 0.1) is 0 Å². The Morgan fingerprint density at radius 2 is 1.85 bits per heavy atom. The van der Waals surface area contributed by atoms with E-state index < -0.39 is 6.03 Å². The molecule has 20 heavy (non-hydrogen) atoms. The van der Waals surface area contributed by atoms with Gasteiger partial charge in [0, 0.05) is 23.8 Å². The van der Waals surface area contributed by atoms with E-state index in [1.165, 1.54) is 0 Å². The van der Waals surface area contributed by atoms with Crippen LogP contribution in [0.4, 0.5) is 16.2 Å². The lowest BCUT2D eigenvalue weighted by atomic mass is 10.2. The second-order valence-corrected chi connectivity index (χ2v) is 4.83. The molecule has 0 atom stereocenters. The van der Waals surface area contributed by atoms with Crippen molar-refractivity contribution in [2.75, 3.05) is 17.2 Å². The number of anilines is 2. The van der Waals surface area contributed by atoms with Crippen LogP contribution in [0.25, 0.3) is 0 Å². The molecule has 110 valence electrons. The molecule has 3 amide bonds. The largest absolute Gasteiger partial charge is 0.351 e. The normalized spacial score (nSPS) is 10.3. The number of carbonyl (C=O) groups excluding carboxylic acids is 2. The molecule has 0 fully saturated rings. The fourth-order valence-electron chi connectivity index (χ4n) is 1.68. The Kier molecular flexibility index (Phi) is 6.52. The SMILES string of the molecule is CC(C)NCCCC(=O)Nc1cccc(NC(N)=O)c1. The van der Waals surface area contributed by atoms with E-state index in [-0.39, 0.29) is 5.91 Å². The zero-order valence-corrected chi connectivity index (χ0v) is 11.9. The van der Waals surface area contributed by atoms with Crippen LogP contribution in [0.1, 0.15) is 26.7 Å². The van der Waals surface area contributed by atoms with Crippen molar-refractivity contribution in [3.8, 4) is 0 Å². The van der Waals surface area contributed by atoms with Gasteiger partial charge >= 0.3 is 6.03 Å². The van der Waals surface area contributed by atoms with Gasteiger partial charge in [0.15, 0.2) is 0 Å². The van der Waals surface area contributed by atoms with E-state index in [9.17, 15) is 9.59 Å². The van der Waals surface area contributed by atoms with Gasteiger partial charge in [0.25, 0.3) is 0 Å². The van der Waals surface area contributed by atoms with Gasteiger partial charge in [-0.2, -0.15) is 0 Å². The van der Waals surface area contributed by atoms with Crippen molar-refractivity contribution in [2.45, 2.75) is 32.7 Å². The number of primary amides is 1. The first-order valence-corrected chi connectivity index (χ1v) is 6.67. The molecule has 1 aromatic rings.